The molecule has 0 fully saturated rings. The van der Waals surface area contributed by atoms with Gasteiger partial charge in [-0.25, -0.2) is 4.39 Å². The number of hydrogen-bond acceptors (Lipinski definition) is 3. The van der Waals surface area contributed by atoms with Gasteiger partial charge in [0.15, 0.2) is 0 Å². The Morgan fingerprint density at radius 3 is 2.58 bits per heavy atom. The van der Waals surface area contributed by atoms with Crippen LogP contribution in [-0.2, 0) is 6.54 Å². The minimum atomic E-state index is -0.313. The molecule has 2 N–H and O–H groups in total. The van der Waals surface area contributed by atoms with E-state index in [-0.39, 0.29) is 17.6 Å². The molecule has 132 valence electrons. The lowest BCUT2D eigenvalue weighted by Gasteiger charge is -2.06. The summed E-state index contributed by atoms with van der Waals surface area (Å²) >= 11 is 1.24. The summed E-state index contributed by atoms with van der Waals surface area (Å²) in [6.45, 7) is 0.302. The van der Waals surface area contributed by atoms with Gasteiger partial charge in [-0.15, -0.1) is 11.3 Å². The van der Waals surface area contributed by atoms with Crippen molar-refractivity contribution in [2.45, 2.75) is 6.54 Å². The third-order valence-corrected chi connectivity index (χ3v) is 4.96. The van der Waals surface area contributed by atoms with Gasteiger partial charge in [-0.3, -0.25) is 9.59 Å². The van der Waals surface area contributed by atoms with Gasteiger partial charge in [0.05, 0.1) is 4.88 Å². The standard InChI is InChI=1S/C20H17FN2O2S/c1-22-19(24)14-6-4-5-13(11-14)12-23-20(25)18-10-9-17(26-18)15-7-2-3-8-16(15)21/h2-11H,12H2,1H3,(H,22,24)(H,23,25). The maximum atomic E-state index is 13.9. The normalized spacial score (nSPS) is 10.4. The van der Waals surface area contributed by atoms with Crippen LogP contribution in [0.1, 0.15) is 25.6 Å². The molecule has 3 rings (SSSR count). The van der Waals surface area contributed by atoms with Crippen molar-refractivity contribution in [3.8, 4) is 10.4 Å². The van der Waals surface area contributed by atoms with Gasteiger partial charge in [0.2, 0.25) is 0 Å². The van der Waals surface area contributed by atoms with Crippen LogP contribution in [0, 0.1) is 5.82 Å². The molecule has 0 radical (unpaired) electrons. The van der Waals surface area contributed by atoms with Gasteiger partial charge in [-0.1, -0.05) is 30.3 Å². The zero-order valence-electron chi connectivity index (χ0n) is 14.1. The molecule has 26 heavy (non-hydrogen) atoms. The second-order valence-corrected chi connectivity index (χ2v) is 6.69. The molecule has 1 heterocycles. The summed E-state index contributed by atoms with van der Waals surface area (Å²) in [6.07, 6.45) is 0. The smallest absolute Gasteiger partial charge is 0.261 e. The lowest BCUT2D eigenvalue weighted by molar-refractivity contribution is 0.0952. The highest BCUT2D eigenvalue weighted by molar-refractivity contribution is 7.17. The highest BCUT2D eigenvalue weighted by Crippen LogP contribution is 2.29. The third kappa shape index (κ3) is 3.97. The zero-order valence-corrected chi connectivity index (χ0v) is 14.9. The SMILES string of the molecule is CNC(=O)c1cccc(CNC(=O)c2ccc(-c3ccccc3F)s2)c1. The van der Waals surface area contributed by atoms with Gasteiger partial charge < -0.3 is 10.6 Å². The first-order chi connectivity index (χ1) is 12.6. The van der Waals surface area contributed by atoms with Crippen LogP contribution in [0.3, 0.4) is 0 Å². The van der Waals surface area contributed by atoms with E-state index in [1.807, 2.05) is 6.07 Å². The Labute approximate surface area is 154 Å². The van der Waals surface area contributed by atoms with E-state index in [0.717, 1.165) is 5.56 Å². The van der Waals surface area contributed by atoms with Crippen LogP contribution in [0.2, 0.25) is 0 Å². The molecule has 2 amide bonds. The summed E-state index contributed by atoms with van der Waals surface area (Å²) < 4.78 is 13.9. The van der Waals surface area contributed by atoms with Crippen LogP contribution in [0.5, 0.6) is 0 Å². The Morgan fingerprint density at radius 2 is 1.81 bits per heavy atom. The number of thiophene rings is 1. The molecular weight excluding hydrogens is 351 g/mol. The summed E-state index contributed by atoms with van der Waals surface area (Å²) in [6, 6.07) is 17.0. The number of rotatable bonds is 5. The van der Waals surface area contributed by atoms with E-state index in [9.17, 15) is 14.0 Å². The largest absolute Gasteiger partial charge is 0.355 e. The van der Waals surface area contributed by atoms with Crippen LogP contribution < -0.4 is 10.6 Å². The van der Waals surface area contributed by atoms with E-state index in [1.165, 1.54) is 17.4 Å². The molecule has 0 saturated carbocycles. The Bertz CT molecular complexity index is 952. The fourth-order valence-corrected chi connectivity index (χ4v) is 3.45. The third-order valence-electron chi connectivity index (χ3n) is 3.84. The van der Waals surface area contributed by atoms with Crippen molar-refractivity contribution in [3.05, 3.63) is 82.5 Å². The summed E-state index contributed by atoms with van der Waals surface area (Å²) in [7, 11) is 1.57. The molecule has 0 saturated heterocycles. The maximum Gasteiger partial charge on any atom is 0.261 e. The Kier molecular flexibility index (Phi) is 5.43. The Morgan fingerprint density at radius 1 is 1.00 bits per heavy atom. The van der Waals surface area contributed by atoms with E-state index in [2.05, 4.69) is 10.6 Å². The minimum absolute atomic E-state index is 0.175. The molecule has 0 aliphatic rings. The first-order valence-corrected chi connectivity index (χ1v) is 8.84. The van der Waals surface area contributed by atoms with Crippen LogP contribution in [0.15, 0.2) is 60.7 Å². The van der Waals surface area contributed by atoms with Crippen molar-refractivity contribution in [3.63, 3.8) is 0 Å². The van der Waals surface area contributed by atoms with Crippen molar-refractivity contribution in [2.75, 3.05) is 7.05 Å². The molecule has 2 aromatic carbocycles. The number of nitrogens with one attached hydrogen (secondary N) is 2. The molecular formula is C20H17FN2O2S. The molecule has 3 aromatic rings. The summed E-state index contributed by atoms with van der Waals surface area (Å²) in [5.41, 5.74) is 1.84. The number of carbonyl (C=O) groups excluding carboxylic acids is 2. The quantitative estimate of drug-likeness (QED) is 0.719. The first kappa shape index (κ1) is 17.8. The molecule has 0 atom stereocenters. The molecule has 0 unspecified atom stereocenters. The van der Waals surface area contributed by atoms with Gasteiger partial charge in [0.25, 0.3) is 11.8 Å². The van der Waals surface area contributed by atoms with Crippen molar-refractivity contribution in [1.82, 2.24) is 10.6 Å². The van der Waals surface area contributed by atoms with Crippen LogP contribution in [-0.4, -0.2) is 18.9 Å². The molecule has 0 aliphatic carbocycles. The number of carbonyl (C=O) groups is 2. The van der Waals surface area contributed by atoms with Crippen LogP contribution >= 0.6 is 11.3 Å². The predicted octanol–water partition coefficient (Wildman–Crippen LogP) is 3.84. The number of amides is 2. The molecule has 0 aliphatic heterocycles. The van der Waals surface area contributed by atoms with E-state index in [1.54, 1.807) is 55.6 Å². The monoisotopic (exact) mass is 368 g/mol. The maximum absolute atomic E-state index is 13.9. The highest BCUT2D eigenvalue weighted by Gasteiger charge is 2.12. The van der Waals surface area contributed by atoms with Crippen molar-refractivity contribution < 1.29 is 14.0 Å². The van der Waals surface area contributed by atoms with Crippen molar-refractivity contribution in [2.24, 2.45) is 0 Å². The Hall–Kier alpha value is -2.99. The highest BCUT2D eigenvalue weighted by atomic mass is 32.1. The predicted molar refractivity (Wildman–Crippen MR) is 101 cm³/mol. The molecule has 0 bridgehead atoms. The topological polar surface area (TPSA) is 58.2 Å². The fraction of sp³-hybridized carbons (Fsp3) is 0.100. The molecule has 4 nitrogen and oxygen atoms in total. The number of halogens is 1. The summed E-state index contributed by atoms with van der Waals surface area (Å²) in [5, 5.41) is 5.39. The second-order valence-electron chi connectivity index (χ2n) is 5.61. The lowest BCUT2D eigenvalue weighted by atomic mass is 10.1. The Balaban J connectivity index is 1.68. The molecule has 0 spiro atoms. The van der Waals surface area contributed by atoms with Gasteiger partial charge in [0.1, 0.15) is 5.82 Å². The van der Waals surface area contributed by atoms with E-state index in [4.69, 9.17) is 0 Å². The van der Waals surface area contributed by atoms with Gasteiger partial charge in [-0.2, -0.15) is 0 Å². The van der Waals surface area contributed by atoms with E-state index < -0.39 is 0 Å². The fourth-order valence-electron chi connectivity index (χ4n) is 2.50. The molecule has 6 heteroatoms. The first-order valence-electron chi connectivity index (χ1n) is 8.02. The van der Waals surface area contributed by atoms with Crippen molar-refractivity contribution >= 4 is 23.2 Å². The van der Waals surface area contributed by atoms with Crippen LogP contribution in [0.25, 0.3) is 10.4 Å². The average Bonchev–Trinajstić information content (AvgIpc) is 3.16. The summed E-state index contributed by atoms with van der Waals surface area (Å²) in [5.74, 6) is -0.721. The minimum Gasteiger partial charge on any atom is -0.355 e. The van der Waals surface area contributed by atoms with E-state index >= 15 is 0 Å². The van der Waals surface area contributed by atoms with Crippen LogP contribution in [0.4, 0.5) is 4.39 Å². The number of benzene rings is 2. The number of hydrogen-bond donors (Lipinski definition) is 2. The van der Waals surface area contributed by atoms with Crippen molar-refractivity contribution in [1.29, 1.82) is 0 Å². The van der Waals surface area contributed by atoms with Gasteiger partial charge in [-0.05, 0) is 35.9 Å². The van der Waals surface area contributed by atoms with Gasteiger partial charge >= 0.3 is 0 Å². The second kappa shape index (κ2) is 7.93. The zero-order chi connectivity index (χ0) is 18.5. The average molecular weight is 368 g/mol. The summed E-state index contributed by atoms with van der Waals surface area (Å²) in [4.78, 5) is 25.2. The van der Waals surface area contributed by atoms with Gasteiger partial charge in [0, 0.05) is 29.6 Å². The van der Waals surface area contributed by atoms with E-state index in [0.29, 0.717) is 27.4 Å². The lowest BCUT2D eigenvalue weighted by Crippen LogP contribution is -2.22. The molecule has 1 aromatic heterocycles.